The van der Waals surface area contributed by atoms with Gasteiger partial charge in [0.25, 0.3) is 5.91 Å². The van der Waals surface area contributed by atoms with Crippen molar-refractivity contribution in [2.45, 2.75) is 50.4 Å². The van der Waals surface area contributed by atoms with E-state index in [-0.39, 0.29) is 39.3 Å². The van der Waals surface area contributed by atoms with E-state index in [0.29, 0.717) is 68.9 Å². The van der Waals surface area contributed by atoms with Crippen molar-refractivity contribution in [3.63, 3.8) is 0 Å². The number of anilines is 2. The number of carbonyl (C=O) groups is 2. The zero-order valence-electron chi connectivity index (χ0n) is 24.9. The third kappa shape index (κ3) is 6.70. The van der Waals surface area contributed by atoms with E-state index in [0.717, 1.165) is 12.8 Å². The summed E-state index contributed by atoms with van der Waals surface area (Å²) in [5.74, 6) is -1.33. The lowest BCUT2D eigenvalue weighted by Crippen LogP contribution is -2.41. The molecule has 10 nitrogen and oxygen atoms in total. The number of amides is 1. The SMILES string of the molecule is Nc1nc(O[C@H](c2ccc(Cl)cc2-c2cccc(C(=O)N3CCCC3)c2)C(F)(F)F)cc(N2CCC3(CC2)CN[C@H](C(=O)O)C3)n1. The predicted molar refractivity (Wildman–Crippen MR) is 166 cm³/mol. The number of benzene rings is 2. The van der Waals surface area contributed by atoms with E-state index < -0.39 is 24.3 Å². The fourth-order valence-electron chi connectivity index (χ4n) is 6.69. The van der Waals surface area contributed by atoms with Crippen LogP contribution in [0.25, 0.3) is 11.1 Å². The molecule has 2 aromatic carbocycles. The molecule has 3 aromatic rings. The number of nitrogens with one attached hydrogen (secondary N) is 1. The van der Waals surface area contributed by atoms with Crippen LogP contribution < -0.4 is 20.7 Å². The maximum Gasteiger partial charge on any atom is 0.429 e. The van der Waals surface area contributed by atoms with Gasteiger partial charge in [-0.15, -0.1) is 0 Å². The van der Waals surface area contributed by atoms with Crippen molar-refractivity contribution < 1.29 is 32.6 Å². The number of rotatable bonds is 7. The number of nitrogen functional groups attached to an aromatic ring is 1. The van der Waals surface area contributed by atoms with Crippen molar-refractivity contribution >= 4 is 35.2 Å². The Bertz CT molecular complexity index is 1630. The lowest BCUT2D eigenvalue weighted by Gasteiger charge is -2.39. The van der Waals surface area contributed by atoms with Crippen LogP contribution in [0.3, 0.4) is 0 Å². The Labute approximate surface area is 268 Å². The maximum atomic E-state index is 14.8. The first-order valence-electron chi connectivity index (χ1n) is 15.2. The molecule has 14 heteroatoms. The average Bonchev–Trinajstić information content (AvgIpc) is 3.71. The lowest BCUT2D eigenvalue weighted by atomic mass is 9.76. The van der Waals surface area contributed by atoms with Crippen LogP contribution >= 0.6 is 11.6 Å². The van der Waals surface area contributed by atoms with E-state index >= 15 is 0 Å². The number of aliphatic carboxylic acids is 1. The van der Waals surface area contributed by atoms with Gasteiger partial charge in [-0.05, 0) is 72.9 Å². The molecule has 46 heavy (non-hydrogen) atoms. The highest BCUT2D eigenvalue weighted by molar-refractivity contribution is 6.30. The topological polar surface area (TPSA) is 134 Å². The van der Waals surface area contributed by atoms with Crippen LogP contribution in [-0.4, -0.2) is 76.8 Å². The van der Waals surface area contributed by atoms with E-state index in [4.69, 9.17) is 22.1 Å². The number of halogens is 4. The van der Waals surface area contributed by atoms with Crippen molar-refractivity contribution in [2.75, 3.05) is 43.4 Å². The summed E-state index contributed by atoms with van der Waals surface area (Å²) in [6, 6.07) is 11.3. The number of hydrogen-bond donors (Lipinski definition) is 3. The number of carboxylic acids is 1. The second kappa shape index (κ2) is 12.6. The van der Waals surface area contributed by atoms with Gasteiger partial charge in [0, 0.05) is 54.9 Å². The largest absolute Gasteiger partial charge is 0.480 e. The van der Waals surface area contributed by atoms with Crippen molar-refractivity contribution in [3.05, 3.63) is 64.7 Å². The van der Waals surface area contributed by atoms with Gasteiger partial charge in [-0.2, -0.15) is 23.1 Å². The molecule has 0 aliphatic carbocycles. The molecule has 3 aliphatic rings. The Morgan fingerprint density at radius 1 is 1.07 bits per heavy atom. The van der Waals surface area contributed by atoms with Gasteiger partial charge in [-0.3, -0.25) is 9.59 Å². The third-order valence-corrected chi connectivity index (χ3v) is 9.40. The molecular weight excluding hydrogens is 625 g/mol. The van der Waals surface area contributed by atoms with Crippen molar-refractivity contribution in [1.29, 1.82) is 0 Å². The van der Waals surface area contributed by atoms with Crippen LogP contribution in [0.2, 0.25) is 5.02 Å². The summed E-state index contributed by atoms with van der Waals surface area (Å²) < 4.78 is 49.9. The van der Waals surface area contributed by atoms with Gasteiger partial charge in [0.2, 0.25) is 17.9 Å². The molecule has 4 heterocycles. The minimum absolute atomic E-state index is 0.166. The highest BCUT2D eigenvalue weighted by atomic mass is 35.5. The van der Waals surface area contributed by atoms with E-state index in [1.54, 1.807) is 29.2 Å². The molecule has 1 aromatic heterocycles. The summed E-state index contributed by atoms with van der Waals surface area (Å²) >= 11 is 6.27. The summed E-state index contributed by atoms with van der Waals surface area (Å²) in [6.07, 6.45) is -3.60. The number of ether oxygens (including phenoxy) is 1. The Morgan fingerprint density at radius 2 is 1.80 bits per heavy atom. The number of likely N-dealkylation sites (tertiary alicyclic amines) is 1. The fraction of sp³-hybridized carbons (Fsp3) is 0.438. The molecule has 0 unspecified atom stereocenters. The molecule has 0 radical (unpaired) electrons. The first-order valence-corrected chi connectivity index (χ1v) is 15.6. The van der Waals surface area contributed by atoms with Crippen molar-refractivity contribution in [2.24, 2.45) is 5.41 Å². The first kappa shape index (κ1) is 31.9. The number of nitrogens with zero attached hydrogens (tertiary/aromatic N) is 4. The van der Waals surface area contributed by atoms with E-state index in [9.17, 15) is 27.9 Å². The monoisotopic (exact) mass is 658 g/mol. The first-order chi connectivity index (χ1) is 21.9. The Kier molecular flexibility index (Phi) is 8.73. The molecule has 6 rings (SSSR count). The highest BCUT2D eigenvalue weighted by Crippen LogP contribution is 2.43. The lowest BCUT2D eigenvalue weighted by molar-refractivity contribution is -0.198. The summed E-state index contributed by atoms with van der Waals surface area (Å²) in [6.45, 7) is 2.89. The summed E-state index contributed by atoms with van der Waals surface area (Å²) in [7, 11) is 0. The fourth-order valence-corrected chi connectivity index (χ4v) is 6.86. The number of carbonyl (C=O) groups excluding carboxylic acids is 1. The summed E-state index contributed by atoms with van der Waals surface area (Å²) in [4.78, 5) is 36.4. The maximum absolute atomic E-state index is 14.8. The minimum atomic E-state index is -4.86. The Balaban J connectivity index is 1.27. The smallest absolute Gasteiger partial charge is 0.429 e. The second-order valence-corrected chi connectivity index (χ2v) is 12.7. The number of hydrogen-bond acceptors (Lipinski definition) is 8. The number of alkyl halides is 3. The molecule has 0 bridgehead atoms. The molecule has 3 saturated heterocycles. The van der Waals surface area contributed by atoms with Crippen molar-refractivity contribution in [1.82, 2.24) is 20.2 Å². The van der Waals surface area contributed by atoms with Gasteiger partial charge >= 0.3 is 12.1 Å². The number of piperidine rings is 1. The normalized spacial score (nSPS) is 20.2. The molecule has 1 spiro atoms. The molecule has 0 saturated carbocycles. The average molecular weight is 659 g/mol. The Hall–Kier alpha value is -4.10. The molecule has 4 N–H and O–H groups in total. The molecule has 1 amide bonds. The molecule has 2 atom stereocenters. The highest BCUT2D eigenvalue weighted by Gasteiger charge is 2.46. The summed E-state index contributed by atoms with van der Waals surface area (Å²) in [5, 5.41) is 12.7. The van der Waals surface area contributed by atoms with Gasteiger partial charge < -0.3 is 30.7 Å². The van der Waals surface area contributed by atoms with Crippen LogP contribution in [0, 0.1) is 5.41 Å². The van der Waals surface area contributed by atoms with Gasteiger partial charge in [0.15, 0.2) is 0 Å². The number of aromatic nitrogens is 2. The van der Waals surface area contributed by atoms with Gasteiger partial charge in [0.05, 0.1) is 0 Å². The number of nitrogens with two attached hydrogens (primary N) is 1. The Morgan fingerprint density at radius 3 is 2.48 bits per heavy atom. The van der Waals surface area contributed by atoms with Gasteiger partial charge in [0.1, 0.15) is 11.9 Å². The van der Waals surface area contributed by atoms with Crippen LogP contribution in [-0.2, 0) is 4.79 Å². The summed E-state index contributed by atoms with van der Waals surface area (Å²) in [5.41, 5.74) is 6.51. The van der Waals surface area contributed by atoms with Crippen LogP contribution in [0.1, 0.15) is 54.1 Å². The zero-order chi connectivity index (χ0) is 32.6. The standard InChI is InChI=1S/C32H34ClF3N6O4/c33-21-6-7-22(23(15-21)19-4-3-5-20(14-19)28(43)42-10-1-2-11-42)27(32(34,35)36)46-26-16-25(39-30(37)40-26)41-12-8-31(9-13-41)17-24(29(44)45)38-18-31/h3-7,14-16,24,27,38H,1-2,8-13,17-18H2,(H,44,45)(H2,37,39,40)/t24-,27+/m0/s1. The van der Waals surface area contributed by atoms with E-state index in [2.05, 4.69) is 15.3 Å². The van der Waals surface area contributed by atoms with Crippen LogP contribution in [0.15, 0.2) is 48.5 Å². The minimum Gasteiger partial charge on any atom is -0.480 e. The molecule has 3 aliphatic heterocycles. The predicted octanol–water partition coefficient (Wildman–Crippen LogP) is 5.33. The third-order valence-electron chi connectivity index (χ3n) is 9.16. The quantitative estimate of drug-likeness (QED) is 0.308. The zero-order valence-corrected chi connectivity index (χ0v) is 25.7. The molecule has 244 valence electrons. The van der Waals surface area contributed by atoms with Gasteiger partial charge in [-0.25, -0.2) is 0 Å². The van der Waals surface area contributed by atoms with E-state index in [1.807, 2.05) is 4.90 Å². The van der Waals surface area contributed by atoms with E-state index in [1.165, 1.54) is 24.3 Å². The van der Waals surface area contributed by atoms with Gasteiger partial charge in [-0.1, -0.05) is 29.8 Å². The second-order valence-electron chi connectivity index (χ2n) is 12.2. The molecule has 3 fully saturated rings. The van der Waals surface area contributed by atoms with Crippen LogP contribution in [0.5, 0.6) is 5.88 Å². The molecular formula is C32H34ClF3N6O4. The van der Waals surface area contributed by atoms with Crippen LogP contribution in [0.4, 0.5) is 24.9 Å². The number of carboxylic acid groups (broad SMARTS) is 1. The van der Waals surface area contributed by atoms with Crippen molar-refractivity contribution in [3.8, 4) is 17.0 Å².